The fourth-order valence-electron chi connectivity index (χ4n) is 2.38. The summed E-state index contributed by atoms with van der Waals surface area (Å²) < 4.78 is 7.07. The summed E-state index contributed by atoms with van der Waals surface area (Å²) in [6.07, 6.45) is 0. The number of ether oxygens (including phenoxy) is 1. The van der Waals surface area contributed by atoms with Crippen molar-refractivity contribution in [3.05, 3.63) is 40.7 Å². The normalized spacial score (nSPS) is 11.2. The molecule has 2 aromatic heterocycles. The highest BCUT2D eigenvalue weighted by atomic mass is 32.1. The summed E-state index contributed by atoms with van der Waals surface area (Å²) in [5, 5.41) is 11.3. The highest BCUT2D eigenvalue weighted by Gasteiger charge is 2.21. The molecule has 0 aliphatic rings. The number of thiazole rings is 1. The second-order valence-corrected chi connectivity index (χ2v) is 6.51. The summed E-state index contributed by atoms with van der Waals surface area (Å²) in [5.41, 5.74) is 1.59. The number of fused-ring (bicyclic) bond motifs is 1. The van der Waals surface area contributed by atoms with E-state index in [0.29, 0.717) is 4.88 Å². The highest BCUT2D eigenvalue weighted by Crippen LogP contribution is 2.26. The highest BCUT2D eigenvalue weighted by molar-refractivity contribution is 7.19. The minimum absolute atomic E-state index is 0.141. The molecule has 0 fully saturated rings. The smallest absolute Gasteiger partial charge is 0.267 e. The van der Waals surface area contributed by atoms with Crippen LogP contribution in [0.25, 0.3) is 4.96 Å². The molecule has 6 nitrogen and oxygen atoms in total. The minimum atomic E-state index is -0.141. The molecule has 1 N–H and O–H groups in total. The molecule has 0 unspecified atom stereocenters. The molecule has 7 heteroatoms. The molecule has 0 bridgehead atoms. The van der Waals surface area contributed by atoms with Crippen molar-refractivity contribution in [1.29, 1.82) is 0 Å². The lowest BCUT2D eigenvalue weighted by molar-refractivity contribution is 0.102. The zero-order valence-electron chi connectivity index (χ0n) is 13.5. The first-order valence-corrected chi connectivity index (χ1v) is 8.12. The average molecular weight is 330 g/mol. The van der Waals surface area contributed by atoms with Crippen molar-refractivity contribution in [2.24, 2.45) is 0 Å². The number of methoxy groups -OCH3 is 1. The molecular formula is C16H18N4O2S. The van der Waals surface area contributed by atoms with Crippen molar-refractivity contribution in [1.82, 2.24) is 14.6 Å². The van der Waals surface area contributed by atoms with Gasteiger partial charge in [0.25, 0.3) is 5.91 Å². The summed E-state index contributed by atoms with van der Waals surface area (Å²) in [6, 6.07) is 7.24. The molecule has 0 spiro atoms. The molecule has 0 saturated heterocycles. The zero-order valence-corrected chi connectivity index (χ0v) is 14.3. The van der Waals surface area contributed by atoms with Crippen LogP contribution in [-0.4, -0.2) is 27.6 Å². The molecule has 120 valence electrons. The topological polar surface area (TPSA) is 68.5 Å². The van der Waals surface area contributed by atoms with Crippen LogP contribution in [0.3, 0.4) is 0 Å². The van der Waals surface area contributed by atoms with Gasteiger partial charge in [0.2, 0.25) is 4.96 Å². The second kappa shape index (κ2) is 6.00. The minimum Gasteiger partial charge on any atom is -0.497 e. The third-order valence-electron chi connectivity index (χ3n) is 3.59. The number of carbonyl (C=O) groups excluding carboxylic acids is 1. The number of rotatable bonds is 4. The van der Waals surface area contributed by atoms with E-state index in [2.05, 4.69) is 29.4 Å². The van der Waals surface area contributed by atoms with Crippen molar-refractivity contribution < 1.29 is 9.53 Å². The molecule has 0 atom stereocenters. The van der Waals surface area contributed by atoms with Gasteiger partial charge in [-0.1, -0.05) is 25.2 Å². The number of amides is 1. The fraction of sp³-hybridized carbons (Fsp3) is 0.312. The number of benzene rings is 1. The molecule has 0 radical (unpaired) electrons. The molecule has 3 rings (SSSR count). The van der Waals surface area contributed by atoms with Gasteiger partial charge in [0.05, 0.1) is 7.11 Å². The monoisotopic (exact) mass is 330 g/mol. The predicted octanol–water partition coefficient (Wildman–Crippen LogP) is 3.48. The number of aromatic nitrogens is 3. The predicted molar refractivity (Wildman–Crippen MR) is 90.6 cm³/mol. The van der Waals surface area contributed by atoms with Crippen LogP contribution in [0.4, 0.5) is 5.69 Å². The third-order valence-corrected chi connectivity index (χ3v) is 4.72. The van der Waals surface area contributed by atoms with Crippen LogP contribution in [0.2, 0.25) is 0 Å². The number of aryl methyl sites for hydroxylation is 1. The number of anilines is 1. The number of nitrogens with zero attached hydrogens (tertiary/aromatic N) is 3. The van der Waals surface area contributed by atoms with Crippen molar-refractivity contribution in [2.45, 2.75) is 26.7 Å². The molecule has 1 aromatic carbocycles. The van der Waals surface area contributed by atoms with Gasteiger partial charge < -0.3 is 10.1 Å². The SMILES string of the molecule is COc1ccc(NC(=O)c2sc3nnc(C(C)C)n3c2C)cc1. The van der Waals surface area contributed by atoms with E-state index in [0.717, 1.165) is 27.9 Å². The van der Waals surface area contributed by atoms with Crippen LogP contribution >= 0.6 is 11.3 Å². The molecule has 0 aliphatic heterocycles. The fourth-order valence-corrected chi connectivity index (χ4v) is 3.34. The summed E-state index contributed by atoms with van der Waals surface area (Å²) in [7, 11) is 1.61. The Bertz CT molecular complexity index is 849. The quantitative estimate of drug-likeness (QED) is 0.795. The Morgan fingerprint density at radius 2 is 1.96 bits per heavy atom. The standard InChI is InChI=1S/C16H18N4O2S/c1-9(2)14-18-19-16-20(14)10(3)13(23-16)15(21)17-11-5-7-12(22-4)8-6-11/h5-9H,1-4H3,(H,17,21). The van der Waals surface area contributed by atoms with Gasteiger partial charge in [0.1, 0.15) is 16.5 Å². The lowest BCUT2D eigenvalue weighted by atomic mass is 10.2. The molecule has 3 aromatic rings. The Balaban J connectivity index is 1.90. The number of hydrogen-bond donors (Lipinski definition) is 1. The Morgan fingerprint density at radius 1 is 1.26 bits per heavy atom. The lowest BCUT2D eigenvalue weighted by Gasteiger charge is -2.06. The van der Waals surface area contributed by atoms with Gasteiger partial charge in [-0.2, -0.15) is 0 Å². The van der Waals surface area contributed by atoms with E-state index >= 15 is 0 Å². The van der Waals surface area contributed by atoms with E-state index < -0.39 is 0 Å². The zero-order chi connectivity index (χ0) is 16.6. The van der Waals surface area contributed by atoms with Gasteiger partial charge in [-0.3, -0.25) is 9.20 Å². The summed E-state index contributed by atoms with van der Waals surface area (Å²) in [5.74, 6) is 1.73. The van der Waals surface area contributed by atoms with Crippen molar-refractivity contribution in [3.63, 3.8) is 0 Å². The van der Waals surface area contributed by atoms with E-state index in [1.807, 2.05) is 35.6 Å². The Hall–Kier alpha value is -2.41. The van der Waals surface area contributed by atoms with Gasteiger partial charge >= 0.3 is 0 Å². The number of carbonyl (C=O) groups is 1. The summed E-state index contributed by atoms with van der Waals surface area (Å²) >= 11 is 1.35. The van der Waals surface area contributed by atoms with Crippen LogP contribution in [-0.2, 0) is 0 Å². The third kappa shape index (κ3) is 2.79. The number of nitrogens with one attached hydrogen (secondary N) is 1. The Morgan fingerprint density at radius 3 is 2.57 bits per heavy atom. The Labute approximate surface area is 138 Å². The second-order valence-electron chi connectivity index (χ2n) is 5.53. The van der Waals surface area contributed by atoms with Gasteiger partial charge in [-0.15, -0.1) is 10.2 Å². The first kappa shape index (κ1) is 15.5. The van der Waals surface area contributed by atoms with E-state index in [1.165, 1.54) is 11.3 Å². The first-order valence-electron chi connectivity index (χ1n) is 7.31. The lowest BCUT2D eigenvalue weighted by Crippen LogP contribution is -2.12. The maximum Gasteiger partial charge on any atom is 0.267 e. The first-order chi connectivity index (χ1) is 11.0. The molecule has 2 heterocycles. The van der Waals surface area contributed by atoms with Crippen molar-refractivity contribution in [3.8, 4) is 5.75 Å². The van der Waals surface area contributed by atoms with Gasteiger partial charge in [0.15, 0.2) is 0 Å². The van der Waals surface area contributed by atoms with E-state index in [1.54, 1.807) is 7.11 Å². The van der Waals surface area contributed by atoms with Crippen molar-refractivity contribution >= 4 is 27.9 Å². The van der Waals surface area contributed by atoms with Gasteiger partial charge in [-0.25, -0.2) is 0 Å². The Kier molecular flexibility index (Phi) is 4.04. The molecule has 23 heavy (non-hydrogen) atoms. The molecule has 0 aliphatic carbocycles. The van der Waals surface area contributed by atoms with Gasteiger partial charge in [0, 0.05) is 17.3 Å². The van der Waals surface area contributed by atoms with Crippen LogP contribution in [0.1, 0.15) is 41.0 Å². The van der Waals surface area contributed by atoms with E-state index in [4.69, 9.17) is 4.74 Å². The van der Waals surface area contributed by atoms with Gasteiger partial charge in [-0.05, 0) is 31.2 Å². The van der Waals surface area contributed by atoms with E-state index in [9.17, 15) is 4.79 Å². The maximum absolute atomic E-state index is 12.5. The maximum atomic E-state index is 12.5. The molecule has 0 saturated carbocycles. The van der Waals surface area contributed by atoms with E-state index in [-0.39, 0.29) is 11.8 Å². The average Bonchev–Trinajstić information content (AvgIpc) is 3.09. The molecule has 1 amide bonds. The summed E-state index contributed by atoms with van der Waals surface area (Å²) in [6.45, 7) is 6.04. The van der Waals surface area contributed by atoms with Crippen LogP contribution < -0.4 is 10.1 Å². The molecular weight excluding hydrogens is 312 g/mol. The number of hydrogen-bond acceptors (Lipinski definition) is 5. The van der Waals surface area contributed by atoms with Crippen molar-refractivity contribution in [2.75, 3.05) is 12.4 Å². The van der Waals surface area contributed by atoms with Crippen LogP contribution in [0.5, 0.6) is 5.75 Å². The van der Waals surface area contributed by atoms with Crippen LogP contribution in [0, 0.1) is 6.92 Å². The summed E-state index contributed by atoms with van der Waals surface area (Å²) in [4.78, 5) is 13.9. The van der Waals surface area contributed by atoms with Crippen LogP contribution in [0.15, 0.2) is 24.3 Å². The largest absolute Gasteiger partial charge is 0.497 e.